The van der Waals surface area contributed by atoms with E-state index in [9.17, 15) is 14.4 Å². The molecule has 1 spiro atoms. The van der Waals surface area contributed by atoms with Crippen molar-refractivity contribution in [3.63, 3.8) is 0 Å². The minimum atomic E-state index is -1.05. The van der Waals surface area contributed by atoms with E-state index in [1.54, 1.807) is 29.2 Å². The van der Waals surface area contributed by atoms with Crippen LogP contribution in [0.4, 0.5) is 5.69 Å². The van der Waals surface area contributed by atoms with E-state index in [0.717, 1.165) is 19.3 Å². The van der Waals surface area contributed by atoms with Gasteiger partial charge in [0.05, 0.1) is 17.4 Å². The van der Waals surface area contributed by atoms with E-state index < -0.39 is 29.1 Å². The van der Waals surface area contributed by atoms with Crippen LogP contribution in [0.5, 0.6) is 0 Å². The number of carbonyl (C=O) groups is 3. The number of amides is 3. The number of halogens is 1. The average molecular weight is 520 g/mol. The van der Waals surface area contributed by atoms with Gasteiger partial charge in [-0.15, -0.1) is 0 Å². The van der Waals surface area contributed by atoms with Gasteiger partial charge in [-0.3, -0.25) is 14.4 Å². The van der Waals surface area contributed by atoms with Crippen molar-refractivity contribution >= 4 is 35.0 Å². The summed E-state index contributed by atoms with van der Waals surface area (Å²) >= 11 is 6.01. The molecule has 3 fully saturated rings. The Labute approximate surface area is 218 Å². The van der Waals surface area contributed by atoms with Gasteiger partial charge in [0.15, 0.2) is 0 Å². The summed E-state index contributed by atoms with van der Waals surface area (Å²) in [4.78, 5) is 42.8. The number of unbranched alkanes of at least 4 members (excludes halogenated alkanes) is 3. The molecule has 0 aliphatic carbocycles. The number of carbonyl (C=O) groups excluding carboxylic acids is 3. The number of likely N-dealkylation sites (tertiary alicyclic amines) is 1. The van der Waals surface area contributed by atoms with Crippen LogP contribution in [0.15, 0.2) is 24.3 Å². The summed E-state index contributed by atoms with van der Waals surface area (Å²) < 4.78 is 6.70. The smallest absolute Gasteiger partial charge is 0.250 e. The third kappa shape index (κ3) is 4.52. The standard InChI is InChI=1S/C27H38ClN3O5/c1-4-13-29-23(33)20-21-25(35)31(14-7-5-6-8-15-32)22(27(21)16-17(2)26(20,3)36-27)24(34)30-19-11-9-18(28)10-12-19/h9-12,17,20-22,32H,4-8,13-16H2,1-3H3,(H,29,33)(H,30,34)/t17?,20-,21+,22?,26+,27?/m1/s1. The van der Waals surface area contributed by atoms with Gasteiger partial charge in [0, 0.05) is 30.4 Å². The fraction of sp³-hybridized carbons (Fsp3) is 0.667. The maximum absolute atomic E-state index is 14.0. The van der Waals surface area contributed by atoms with E-state index in [4.69, 9.17) is 21.4 Å². The first-order valence-electron chi connectivity index (χ1n) is 13.1. The Morgan fingerprint density at radius 1 is 1.17 bits per heavy atom. The SMILES string of the molecule is CCCNC(=O)[C@H]1[C@H]2C(=O)N(CCCCCCO)C(C(=O)Nc3ccc(Cl)cc3)C23CC(C)[C@]1(C)O3. The van der Waals surface area contributed by atoms with Crippen LogP contribution in [0.1, 0.15) is 59.3 Å². The molecule has 1 aromatic carbocycles. The molecule has 36 heavy (non-hydrogen) atoms. The molecule has 3 unspecified atom stereocenters. The molecule has 0 radical (unpaired) electrons. The fourth-order valence-electron chi connectivity index (χ4n) is 6.53. The van der Waals surface area contributed by atoms with Gasteiger partial charge < -0.3 is 25.4 Å². The Bertz CT molecular complexity index is 988. The van der Waals surface area contributed by atoms with Gasteiger partial charge in [-0.2, -0.15) is 0 Å². The van der Waals surface area contributed by atoms with Crippen molar-refractivity contribution in [3.8, 4) is 0 Å². The van der Waals surface area contributed by atoms with Gasteiger partial charge >= 0.3 is 0 Å². The van der Waals surface area contributed by atoms with Crippen molar-refractivity contribution in [1.82, 2.24) is 10.2 Å². The lowest BCUT2D eigenvalue weighted by Crippen LogP contribution is -2.54. The summed E-state index contributed by atoms with van der Waals surface area (Å²) in [6, 6.07) is 6.02. The van der Waals surface area contributed by atoms with E-state index >= 15 is 0 Å². The lowest BCUT2D eigenvalue weighted by atomic mass is 9.62. The number of hydrogen-bond donors (Lipinski definition) is 3. The minimum Gasteiger partial charge on any atom is -0.396 e. The molecule has 8 nitrogen and oxygen atoms in total. The molecule has 3 aliphatic rings. The maximum Gasteiger partial charge on any atom is 0.250 e. The number of fused-ring (bicyclic) bond motifs is 1. The molecule has 198 valence electrons. The first-order valence-corrected chi connectivity index (χ1v) is 13.5. The molecular weight excluding hydrogens is 482 g/mol. The lowest BCUT2D eigenvalue weighted by molar-refractivity contribution is -0.146. The van der Waals surface area contributed by atoms with Crippen LogP contribution in [-0.2, 0) is 19.1 Å². The van der Waals surface area contributed by atoms with Crippen molar-refractivity contribution in [3.05, 3.63) is 29.3 Å². The largest absolute Gasteiger partial charge is 0.396 e. The highest BCUT2D eigenvalue weighted by molar-refractivity contribution is 6.30. The molecule has 9 heteroatoms. The van der Waals surface area contributed by atoms with Crippen LogP contribution in [-0.4, -0.2) is 64.7 Å². The molecular formula is C27H38ClN3O5. The number of aliphatic hydroxyl groups is 1. The topological polar surface area (TPSA) is 108 Å². The summed E-state index contributed by atoms with van der Waals surface area (Å²) in [5, 5.41) is 15.6. The van der Waals surface area contributed by atoms with Crippen LogP contribution < -0.4 is 10.6 Å². The van der Waals surface area contributed by atoms with Crippen molar-refractivity contribution < 1.29 is 24.2 Å². The number of aliphatic hydroxyl groups excluding tert-OH is 1. The van der Waals surface area contributed by atoms with Crippen LogP contribution in [0.25, 0.3) is 0 Å². The van der Waals surface area contributed by atoms with E-state index in [1.165, 1.54) is 0 Å². The van der Waals surface area contributed by atoms with Crippen LogP contribution >= 0.6 is 11.6 Å². The Balaban J connectivity index is 1.66. The Hall–Kier alpha value is -2.16. The van der Waals surface area contributed by atoms with Gasteiger partial charge in [0.1, 0.15) is 11.6 Å². The highest BCUT2D eigenvalue weighted by atomic mass is 35.5. The maximum atomic E-state index is 14.0. The molecule has 3 saturated heterocycles. The van der Waals surface area contributed by atoms with E-state index in [2.05, 4.69) is 10.6 Å². The zero-order valence-corrected chi connectivity index (χ0v) is 22.1. The number of nitrogens with zero attached hydrogens (tertiary/aromatic N) is 1. The van der Waals surface area contributed by atoms with Crippen molar-refractivity contribution in [2.75, 3.05) is 25.0 Å². The van der Waals surface area contributed by atoms with Gasteiger partial charge in [0.25, 0.3) is 0 Å². The van der Waals surface area contributed by atoms with Crippen LogP contribution in [0.2, 0.25) is 5.02 Å². The highest BCUT2D eigenvalue weighted by Gasteiger charge is 2.79. The van der Waals surface area contributed by atoms with Crippen LogP contribution in [0, 0.1) is 17.8 Å². The molecule has 2 bridgehead atoms. The fourth-order valence-corrected chi connectivity index (χ4v) is 6.66. The third-order valence-corrected chi connectivity index (χ3v) is 8.57. The van der Waals surface area contributed by atoms with Crippen LogP contribution in [0.3, 0.4) is 0 Å². The zero-order valence-electron chi connectivity index (χ0n) is 21.4. The van der Waals surface area contributed by atoms with Gasteiger partial charge in [-0.25, -0.2) is 0 Å². The number of ether oxygens (including phenoxy) is 1. The quantitative estimate of drug-likeness (QED) is 0.388. The summed E-state index contributed by atoms with van der Waals surface area (Å²) in [7, 11) is 0. The lowest BCUT2D eigenvalue weighted by Gasteiger charge is -2.36. The number of nitrogens with one attached hydrogen (secondary N) is 2. The second kappa shape index (κ2) is 10.7. The van der Waals surface area contributed by atoms with Crippen molar-refractivity contribution in [1.29, 1.82) is 0 Å². The number of rotatable bonds is 11. The molecule has 3 heterocycles. The number of benzene rings is 1. The summed E-state index contributed by atoms with van der Waals surface area (Å²) in [6.45, 7) is 7.02. The molecule has 1 aromatic rings. The highest BCUT2D eigenvalue weighted by Crippen LogP contribution is 2.65. The van der Waals surface area contributed by atoms with Gasteiger partial charge in [-0.1, -0.05) is 38.3 Å². The first kappa shape index (κ1) is 26.9. The molecule has 0 saturated carbocycles. The zero-order chi connectivity index (χ0) is 26.1. The van der Waals surface area contributed by atoms with E-state index in [-0.39, 0.29) is 30.2 Å². The van der Waals surface area contributed by atoms with Crippen molar-refractivity contribution in [2.24, 2.45) is 17.8 Å². The Morgan fingerprint density at radius 3 is 2.53 bits per heavy atom. The van der Waals surface area contributed by atoms with Gasteiger partial charge in [-0.05, 0) is 62.8 Å². The molecule has 6 atom stereocenters. The predicted molar refractivity (Wildman–Crippen MR) is 137 cm³/mol. The van der Waals surface area contributed by atoms with Crippen molar-refractivity contribution in [2.45, 2.75) is 76.5 Å². The third-order valence-electron chi connectivity index (χ3n) is 8.31. The number of anilines is 1. The minimum absolute atomic E-state index is 0.00858. The molecule has 0 aromatic heterocycles. The monoisotopic (exact) mass is 519 g/mol. The second-order valence-electron chi connectivity index (χ2n) is 10.7. The Morgan fingerprint density at radius 2 is 1.86 bits per heavy atom. The first-order chi connectivity index (χ1) is 17.2. The van der Waals surface area contributed by atoms with E-state index in [1.807, 2.05) is 20.8 Å². The predicted octanol–water partition coefficient (Wildman–Crippen LogP) is 3.37. The van der Waals surface area contributed by atoms with Gasteiger partial charge in [0.2, 0.25) is 17.7 Å². The summed E-state index contributed by atoms with van der Waals surface area (Å²) in [5.74, 6) is -2.00. The molecule has 3 amide bonds. The molecule has 3 N–H and O–H groups in total. The summed E-state index contributed by atoms with van der Waals surface area (Å²) in [6.07, 6.45) is 4.43. The normalized spacial score (nSPS) is 32.6. The summed E-state index contributed by atoms with van der Waals surface area (Å²) in [5.41, 5.74) is -1.28. The molecule has 4 rings (SSSR count). The second-order valence-corrected chi connectivity index (χ2v) is 11.1. The van der Waals surface area contributed by atoms with E-state index in [0.29, 0.717) is 43.1 Å². The average Bonchev–Trinajstić information content (AvgIpc) is 3.35. The molecule has 3 aliphatic heterocycles. The number of hydrogen-bond acceptors (Lipinski definition) is 5. The Kier molecular flexibility index (Phi) is 7.98.